The smallest absolute Gasteiger partial charge is 0.175 e. The minimum atomic E-state index is 0.565. The Morgan fingerprint density at radius 1 is 0.885 bits per heavy atom. The van der Waals surface area contributed by atoms with Gasteiger partial charge in [-0.05, 0) is 55.5 Å². The molecule has 128 valence electrons. The van der Waals surface area contributed by atoms with E-state index >= 15 is 0 Å². The fourth-order valence-electron chi connectivity index (χ4n) is 2.66. The van der Waals surface area contributed by atoms with E-state index in [1.807, 2.05) is 42.5 Å². The van der Waals surface area contributed by atoms with Crippen LogP contribution in [0.3, 0.4) is 0 Å². The van der Waals surface area contributed by atoms with Gasteiger partial charge in [0.25, 0.3) is 0 Å². The van der Waals surface area contributed by atoms with Crippen LogP contribution >= 0.6 is 23.6 Å². The highest BCUT2D eigenvalue weighted by Crippen LogP contribution is 2.31. The number of fused-ring (bicyclic) bond motifs is 1. The van der Waals surface area contributed by atoms with Crippen molar-refractivity contribution in [3.8, 4) is 10.6 Å². The molecule has 4 rings (SSSR count). The summed E-state index contributed by atoms with van der Waals surface area (Å²) in [4.78, 5) is 4.72. The standard InChI is InChI=1S/C21H17N3S2/c1-14-9-11-16(12-10-14)22-21(25)23-17-6-4-5-15(13-17)20-24-18-7-2-3-8-19(18)26-20/h2-13H,1H3,(H2,22,23,25). The molecule has 1 aromatic heterocycles. The molecule has 0 spiro atoms. The highest BCUT2D eigenvalue weighted by atomic mass is 32.1. The summed E-state index contributed by atoms with van der Waals surface area (Å²) in [7, 11) is 0. The summed E-state index contributed by atoms with van der Waals surface area (Å²) in [6.07, 6.45) is 0. The van der Waals surface area contributed by atoms with E-state index in [4.69, 9.17) is 17.2 Å². The van der Waals surface area contributed by atoms with E-state index in [-0.39, 0.29) is 0 Å². The lowest BCUT2D eigenvalue weighted by molar-refractivity contribution is 1.46. The highest BCUT2D eigenvalue weighted by Gasteiger charge is 2.07. The molecule has 1 heterocycles. The quantitative estimate of drug-likeness (QED) is 0.426. The second kappa shape index (κ2) is 7.23. The van der Waals surface area contributed by atoms with E-state index in [2.05, 4.69) is 47.9 Å². The van der Waals surface area contributed by atoms with Gasteiger partial charge in [0.05, 0.1) is 10.2 Å². The third-order valence-corrected chi connectivity index (χ3v) is 5.26. The van der Waals surface area contributed by atoms with E-state index in [9.17, 15) is 0 Å². The first-order chi connectivity index (χ1) is 12.7. The van der Waals surface area contributed by atoms with Crippen LogP contribution < -0.4 is 10.6 Å². The molecule has 0 unspecified atom stereocenters. The Morgan fingerprint density at radius 3 is 2.46 bits per heavy atom. The van der Waals surface area contributed by atoms with Gasteiger partial charge in [-0.25, -0.2) is 4.98 Å². The molecule has 0 amide bonds. The number of rotatable bonds is 3. The van der Waals surface area contributed by atoms with Crippen LogP contribution in [-0.4, -0.2) is 10.1 Å². The van der Waals surface area contributed by atoms with Gasteiger partial charge in [-0.3, -0.25) is 0 Å². The van der Waals surface area contributed by atoms with Crippen LogP contribution in [0, 0.1) is 6.92 Å². The molecule has 0 aliphatic rings. The summed E-state index contributed by atoms with van der Waals surface area (Å²) in [5, 5.41) is 8.02. The zero-order valence-corrected chi connectivity index (χ0v) is 15.8. The summed E-state index contributed by atoms with van der Waals surface area (Å²) in [6, 6.07) is 24.5. The van der Waals surface area contributed by atoms with Crippen LogP contribution in [0.2, 0.25) is 0 Å². The van der Waals surface area contributed by atoms with E-state index in [0.29, 0.717) is 5.11 Å². The van der Waals surface area contributed by atoms with Crippen LogP contribution in [0.5, 0.6) is 0 Å². The Bertz CT molecular complexity index is 1040. The maximum atomic E-state index is 5.43. The Balaban J connectivity index is 1.51. The van der Waals surface area contributed by atoms with Gasteiger partial charge in [-0.15, -0.1) is 11.3 Å². The number of anilines is 2. The number of benzene rings is 3. The molecule has 2 N–H and O–H groups in total. The van der Waals surface area contributed by atoms with Gasteiger partial charge in [0, 0.05) is 16.9 Å². The highest BCUT2D eigenvalue weighted by molar-refractivity contribution is 7.80. The van der Waals surface area contributed by atoms with Crippen molar-refractivity contribution in [3.63, 3.8) is 0 Å². The molecule has 0 saturated carbocycles. The first-order valence-corrected chi connectivity index (χ1v) is 9.50. The summed E-state index contributed by atoms with van der Waals surface area (Å²) in [6.45, 7) is 2.06. The predicted molar refractivity (Wildman–Crippen MR) is 116 cm³/mol. The largest absolute Gasteiger partial charge is 0.332 e. The first kappa shape index (κ1) is 16.7. The molecule has 0 aliphatic heterocycles. The zero-order valence-electron chi connectivity index (χ0n) is 14.2. The second-order valence-electron chi connectivity index (χ2n) is 6.01. The molecule has 3 aromatic carbocycles. The first-order valence-electron chi connectivity index (χ1n) is 8.28. The molecular weight excluding hydrogens is 358 g/mol. The van der Waals surface area contributed by atoms with Crippen LogP contribution in [0.1, 0.15) is 5.56 Å². The second-order valence-corrected chi connectivity index (χ2v) is 7.45. The molecule has 0 radical (unpaired) electrons. The molecule has 0 atom stereocenters. The monoisotopic (exact) mass is 375 g/mol. The zero-order chi connectivity index (χ0) is 17.9. The Morgan fingerprint density at radius 2 is 1.65 bits per heavy atom. The average Bonchev–Trinajstić information content (AvgIpc) is 3.08. The van der Waals surface area contributed by atoms with Gasteiger partial charge in [-0.1, -0.05) is 42.0 Å². The number of aromatic nitrogens is 1. The van der Waals surface area contributed by atoms with Crippen molar-refractivity contribution in [2.75, 3.05) is 10.6 Å². The van der Waals surface area contributed by atoms with Crippen LogP contribution in [0.15, 0.2) is 72.8 Å². The fourth-order valence-corrected chi connectivity index (χ4v) is 3.85. The molecule has 3 nitrogen and oxygen atoms in total. The Kier molecular flexibility index (Phi) is 4.65. The maximum Gasteiger partial charge on any atom is 0.175 e. The molecule has 0 saturated heterocycles. The summed E-state index contributed by atoms with van der Waals surface area (Å²) < 4.78 is 1.19. The number of nitrogens with one attached hydrogen (secondary N) is 2. The van der Waals surface area contributed by atoms with Gasteiger partial charge >= 0.3 is 0 Å². The Labute approximate surface area is 161 Å². The van der Waals surface area contributed by atoms with Gasteiger partial charge in [0.15, 0.2) is 5.11 Å². The van der Waals surface area contributed by atoms with Crippen molar-refractivity contribution in [1.29, 1.82) is 0 Å². The minimum Gasteiger partial charge on any atom is -0.332 e. The average molecular weight is 376 g/mol. The number of hydrogen-bond acceptors (Lipinski definition) is 3. The van der Waals surface area contributed by atoms with Gasteiger partial charge < -0.3 is 10.6 Å². The van der Waals surface area contributed by atoms with E-state index in [1.54, 1.807) is 11.3 Å². The van der Waals surface area contributed by atoms with Crippen molar-refractivity contribution in [3.05, 3.63) is 78.4 Å². The number of thiazole rings is 1. The molecule has 0 aliphatic carbocycles. The van der Waals surface area contributed by atoms with Crippen molar-refractivity contribution in [2.24, 2.45) is 0 Å². The van der Waals surface area contributed by atoms with E-state index in [1.165, 1.54) is 10.3 Å². The molecule has 0 bridgehead atoms. The molecule has 5 heteroatoms. The third kappa shape index (κ3) is 3.74. The van der Waals surface area contributed by atoms with Crippen molar-refractivity contribution < 1.29 is 0 Å². The van der Waals surface area contributed by atoms with Crippen LogP contribution in [-0.2, 0) is 0 Å². The lowest BCUT2D eigenvalue weighted by Gasteiger charge is -2.11. The van der Waals surface area contributed by atoms with Gasteiger partial charge in [0.2, 0.25) is 0 Å². The number of nitrogens with zero attached hydrogens (tertiary/aromatic N) is 1. The number of aryl methyl sites for hydroxylation is 1. The molecule has 4 aromatic rings. The lowest BCUT2D eigenvalue weighted by atomic mass is 10.2. The fraction of sp³-hybridized carbons (Fsp3) is 0.0476. The maximum absolute atomic E-state index is 5.43. The van der Waals surface area contributed by atoms with Gasteiger partial charge in [0.1, 0.15) is 5.01 Å². The predicted octanol–water partition coefficient (Wildman–Crippen LogP) is 6.08. The summed E-state index contributed by atoms with van der Waals surface area (Å²) in [5.74, 6) is 0. The van der Waals surface area contributed by atoms with Gasteiger partial charge in [-0.2, -0.15) is 0 Å². The normalized spacial score (nSPS) is 10.7. The molecule has 0 fully saturated rings. The number of hydrogen-bond donors (Lipinski definition) is 2. The minimum absolute atomic E-state index is 0.565. The number of para-hydroxylation sites is 1. The van der Waals surface area contributed by atoms with Crippen molar-refractivity contribution in [1.82, 2.24) is 4.98 Å². The lowest BCUT2D eigenvalue weighted by Crippen LogP contribution is -2.18. The van der Waals surface area contributed by atoms with E-state index in [0.717, 1.165) is 27.5 Å². The van der Waals surface area contributed by atoms with E-state index < -0.39 is 0 Å². The third-order valence-electron chi connectivity index (χ3n) is 3.97. The van der Waals surface area contributed by atoms with Crippen molar-refractivity contribution >= 4 is 50.3 Å². The molecular formula is C21H17N3S2. The Hall–Kier alpha value is -2.76. The van der Waals surface area contributed by atoms with Crippen LogP contribution in [0.25, 0.3) is 20.8 Å². The summed E-state index contributed by atoms with van der Waals surface area (Å²) in [5.41, 5.74) is 5.23. The van der Waals surface area contributed by atoms with Crippen molar-refractivity contribution in [2.45, 2.75) is 6.92 Å². The molecule has 26 heavy (non-hydrogen) atoms. The van der Waals surface area contributed by atoms with Crippen LogP contribution in [0.4, 0.5) is 11.4 Å². The topological polar surface area (TPSA) is 37.0 Å². The SMILES string of the molecule is Cc1ccc(NC(=S)Nc2cccc(-c3nc4ccccc4s3)c2)cc1. The number of thiocarbonyl (C=S) groups is 1. The summed E-state index contributed by atoms with van der Waals surface area (Å²) >= 11 is 7.12.